The summed E-state index contributed by atoms with van der Waals surface area (Å²) in [5.41, 5.74) is 0. The van der Waals surface area contributed by atoms with Crippen LogP contribution in [-0.4, -0.2) is 32.2 Å². The van der Waals surface area contributed by atoms with E-state index in [9.17, 15) is 4.57 Å². The quantitative estimate of drug-likeness (QED) is 0.604. The van der Waals surface area contributed by atoms with E-state index in [0.717, 1.165) is 18.7 Å². The molecule has 0 aliphatic heterocycles. The molecule has 0 aromatic heterocycles. The third-order valence-corrected chi connectivity index (χ3v) is 4.57. The molecule has 0 saturated heterocycles. The zero-order chi connectivity index (χ0) is 8.91. The van der Waals surface area contributed by atoms with Crippen molar-refractivity contribution in [1.29, 1.82) is 0 Å². The Kier molecular flexibility index (Phi) is 5.03. The number of rotatable bonds is 5. The normalized spacial score (nSPS) is 19.3. The van der Waals surface area contributed by atoms with Crippen LogP contribution in [0.25, 0.3) is 0 Å². The lowest BCUT2D eigenvalue weighted by Crippen LogP contribution is -2.15. The maximum atomic E-state index is 11.6. The summed E-state index contributed by atoms with van der Waals surface area (Å²) in [5, 5.41) is 0. The van der Waals surface area contributed by atoms with E-state index in [1.54, 1.807) is 7.11 Å². The molecule has 2 atom stereocenters. The van der Waals surface area contributed by atoms with Gasteiger partial charge < -0.3 is 9.30 Å². The Hall–Kier alpha value is 0.190. The van der Waals surface area contributed by atoms with Crippen molar-refractivity contribution in [3.8, 4) is 0 Å². The van der Waals surface area contributed by atoms with Gasteiger partial charge in [0.05, 0.1) is 13.2 Å². The van der Waals surface area contributed by atoms with Crippen LogP contribution < -0.4 is 0 Å². The monoisotopic (exact) mass is 178 g/mol. The summed E-state index contributed by atoms with van der Waals surface area (Å²) in [6.07, 6.45) is 2.66. The Bertz CT molecular complexity index is 141. The molecule has 0 N–H and O–H groups in total. The third-order valence-electron chi connectivity index (χ3n) is 2.05. The van der Waals surface area contributed by atoms with Crippen LogP contribution in [0.15, 0.2) is 0 Å². The van der Waals surface area contributed by atoms with Crippen LogP contribution in [0.1, 0.15) is 20.3 Å². The summed E-state index contributed by atoms with van der Waals surface area (Å²) in [7, 11) is -0.203. The maximum Gasteiger partial charge on any atom is 0.0871 e. The van der Waals surface area contributed by atoms with Crippen LogP contribution in [0.2, 0.25) is 0 Å². The van der Waals surface area contributed by atoms with Gasteiger partial charge in [-0.2, -0.15) is 0 Å². The molecule has 0 fully saturated rings. The van der Waals surface area contributed by atoms with Gasteiger partial charge in [0.1, 0.15) is 0 Å². The Labute approximate surface area is 69.7 Å². The minimum absolute atomic E-state index is 0.186. The topological polar surface area (TPSA) is 26.3 Å². The van der Waals surface area contributed by atoms with Gasteiger partial charge in [-0.3, -0.25) is 0 Å². The molecule has 0 aromatic rings. The van der Waals surface area contributed by atoms with Crippen LogP contribution in [-0.2, 0) is 9.30 Å². The highest BCUT2D eigenvalue weighted by Gasteiger charge is 2.17. The van der Waals surface area contributed by atoms with Gasteiger partial charge >= 0.3 is 0 Å². The van der Waals surface area contributed by atoms with Crippen molar-refractivity contribution in [2.45, 2.75) is 26.4 Å². The van der Waals surface area contributed by atoms with Crippen molar-refractivity contribution in [3.63, 3.8) is 0 Å². The third kappa shape index (κ3) is 4.60. The van der Waals surface area contributed by atoms with Gasteiger partial charge in [0, 0.05) is 13.3 Å². The number of methoxy groups -OCH3 is 1. The molecule has 0 saturated carbocycles. The molecule has 0 aliphatic carbocycles. The number of hydrogen-bond donors (Lipinski definition) is 0. The van der Waals surface area contributed by atoms with E-state index in [-0.39, 0.29) is 6.10 Å². The van der Waals surface area contributed by atoms with E-state index in [1.807, 2.05) is 13.6 Å². The molecule has 0 rings (SSSR count). The first-order valence-corrected chi connectivity index (χ1v) is 6.66. The molecular formula is C8H19O2P. The van der Waals surface area contributed by atoms with Gasteiger partial charge in [0.2, 0.25) is 0 Å². The van der Waals surface area contributed by atoms with Crippen molar-refractivity contribution in [3.05, 3.63) is 0 Å². The first-order chi connectivity index (χ1) is 5.05. The average Bonchev–Trinajstić information content (AvgIpc) is 2.00. The second kappa shape index (κ2) is 4.95. The second-order valence-electron chi connectivity index (χ2n) is 3.06. The Morgan fingerprint density at radius 2 is 2.00 bits per heavy atom. The molecule has 68 valence electrons. The van der Waals surface area contributed by atoms with Gasteiger partial charge in [-0.05, 0) is 19.2 Å². The standard InChI is InChI=1S/C8H19O2P/c1-5-8(10-3)7-11(4,9)6-2/h8H,5-7H2,1-4H3. The van der Waals surface area contributed by atoms with Crippen LogP contribution in [0.5, 0.6) is 0 Å². The Balaban J connectivity index is 3.90. The van der Waals surface area contributed by atoms with Gasteiger partial charge in [-0.15, -0.1) is 0 Å². The van der Waals surface area contributed by atoms with Crippen molar-refractivity contribution in [2.24, 2.45) is 0 Å². The van der Waals surface area contributed by atoms with Gasteiger partial charge in [0.15, 0.2) is 0 Å². The highest BCUT2D eigenvalue weighted by atomic mass is 31.2. The van der Waals surface area contributed by atoms with Crippen molar-refractivity contribution >= 4 is 7.14 Å². The molecule has 0 radical (unpaired) electrons. The first kappa shape index (κ1) is 11.2. The van der Waals surface area contributed by atoms with Gasteiger partial charge in [0.25, 0.3) is 0 Å². The first-order valence-electron chi connectivity index (χ1n) is 4.14. The summed E-state index contributed by atoms with van der Waals surface area (Å²) < 4.78 is 16.8. The molecule has 0 aromatic carbocycles. The lowest BCUT2D eigenvalue weighted by molar-refractivity contribution is 0.117. The van der Waals surface area contributed by atoms with E-state index in [2.05, 4.69) is 6.92 Å². The highest BCUT2D eigenvalue weighted by Crippen LogP contribution is 2.41. The molecule has 2 nitrogen and oxygen atoms in total. The Morgan fingerprint density at radius 3 is 2.27 bits per heavy atom. The molecule has 0 heterocycles. The van der Waals surface area contributed by atoms with Gasteiger partial charge in [-0.1, -0.05) is 13.8 Å². The SMILES string of the molecule is CCC(CP(C)(=O)CC)OC. The zero-order valence-corrected chi connectivity index (χ0v) is 8.86. The summed E-state index contributed by atoms with van der Waals surface area (Å²) >= 11 is 0. The van der Waals surface area contributed by atoms with Crippen molar-refractivity contribution < 1.29 is 9.30 Å². The van der Waals surface area contributed by atoms with E-state index in [0.29, 0.717) is 0 Å². The lowest BCUT2D eigenvalue weighted by atomic mass is 10.3. The van der Waals surface area contributed by atoms with E-state index in [4.69, 9.17) is 4.74 Å². The van der Waals surface area contributed by atoms with E-state index in [1.165, 1.54) is 0 Å². The predicted molar refractivity (Wildman–Crippen MR) is 50.0 cm³/mol. The largest absolute Gasteiger partial charge is 0.381 e. The maximum absolute atomic E-state index is 11.6. The van der Waals surface area contributed by atoms with Gasteiger partial charge in [-0.25, -0.2) is 0 Å². The van der Waals surface area contributed by atoms with E-state index >= 15 is 0 Å². The smallest absolute Gasteiger partial charge is 0.0871 e. The molecule has 11 heavy (non-hydrogen) atoms. The number of hydrogen-bond acceptors (Lipinski definition) is 2. The number of ether oxygens (including phenoxy) is 1. The fourth-order valence-electron chi connectivity index (χ4n) is 0.930. The summed E-state index contributed by atoms with van der Waals surface area (Å²) in [5.74, 6) is 0. The predicted octanol–water partition coefficient (Wildman–Crippen LogP) is 2.42. The molecule has 0 bridgehead atoms. The highest BCUT2D eigenvalue weighted by molar-refractivity contribution is 7.63. The van der Waals surface area contributed by atoms with Crippen LogP contribution in [0.3, 0.4) is 0 Å². The van der Waals surface area contributed by atoms with Crippen LogP contribution in [0, 0.1) is 0 Å². The average molecular weight is 178 g/mol. The molecule has 0 aliphatic rings. The minimum atomic E-state index is -1.89. The van der Waals surface area contributed by atoms with Crippen molar-refractivity contribution in [1.82, 2.24) is 0 Å². The van der Waals surface area contributed by atoms with Crippen molar-refractivity contribution in [2.75, 3.05) is 26.1 Å². The molecule has 0 amide bonds. The zero-order valence-electron chi connectivity index (χ0n) is 7.96. The summed E-state index contributed by atoms with van der Waals surface area (Å²) in [6, 6.07) is 0. The molecule has 2 unspecified atom stereocenters. The molecule has 0 spiro atoms. The van der Waals surface area contributed by atoms with Crippen LogP contribution in [0.4, 0.5) is 0 Å². The lowest BCUT2D eigenvalue weighted by Gasteiger charge is -2.17. The summed E-state index contributed by atoms with van der Waals surface area (Å²) in [4.78, 5) is 0. The molecule has 3 heteroatoms. The fourth-order valence-corrected chi connectivity index (χ4v) is 2.46. The Morgan fingerprint density at radius 1 is 1.45 bits per heavy atom. The van der Waals surface area contributed by atoms with Crippen LogP contribution >= 0.6 is 7.14 Å². The summed E-state index contributed by atoms with van der Waals surface area (Å²) in [6.45, 7) is 5.89. The minimum Gasteiger partial charge on any atom is -0.381 e. The fraction of sp³-hybridized carbons (Fsp3) is 1.00. The molecular weight excluding hydrogens is 159 g/mol. The second-order valence-corrected chi connectivity index (χ2v) is 6.65. The van der Waals surface area contributed by atoms with E-state index < -0.39 is 7.14 Å².